The first kappa shape index (κ1) is 8.55. The largest absolute Gasteiger partial charge is 0.316 e. The van der Waals surface area contributed by atoms with Crippen LogP contribution >= 0.6 is 0 Å². The van der Waals surface area contributed by atoms with E-state index in [4.69, 9.17) is 16.3 Å². The summed E-state index contributed by atoms with van der Waals surface area (Å²) in [6, 6.07) is 0. The first-order valence-corrected chi connectivity index (χ1v) is 5.60. The molecule has 2 unspecified atom stereocenters. The van der Waals surface area contributed by atoms with Gasteiger partial charge in [0.05, 0.1) is 0 Å². The lowest BCUT2D eigenvalue weighted by Gasteiger charge is -2.07. The Balaban J connectivity index is 2.07. The molecule has 0 spiro atoms. The molecule has 0 aromatic heterocycles. The highest BCUT2D eigenvalue weighted by atomic mass is 32.8. The quantitative estimate of drug-likeness (QED) is 0.523. The third-order valence-electron chi connectivity index (χ3n) is 1.68. The van der Waals surface area contributed by atoms with Gasteiger partial charge in [-0.25, -0.2) is 4.72 Å². The second-order valence-electron chi connectivity index (χ2n) is 2.50. The van der Waals surface area contributed by atoms with Crippen LogP contribution < -0.4 is 15.2 Å². The van der Waals surface area contributed by atoms with Crippen LogP contribution in [-0.4, -0.2) is 19.6 Å². The van der Waals surface area contributed by atoms with E-state index in [1.54, 1.807) is 0 Å². The minimum Gasteiger partial charge on any atom is -0.316 e. The molecule has 0 amide bonds. The summed E-state index contributed by atoms with van der Waals surface area (Å²) in [4.78, 5) is 0. The summed E-state index contributed by atoms with van der Waals surface area (Å²) in [5.41, 5.74) is 0. The van der Waals surface area contributed by atoms with Crippen LogP contribution in [0, 0.1) is 5.92 Å². The van der Waals surface area contributed by atoms with Crippen LogP contribution in [0.25, 0.3) is 0 Å². The van der Waals surface area contributed by atoms with E-state index in [9.17, 15) is 0 Å². The lowest BCUT2D eigenvalue weighted by atomic mass is 10.1. The number of rotatable bonds is 3. The second kappa shape index (κ2) is 4.35. The van der Waals surface area contributed by atoms with Crippen molar-refractivity contribution in [2.75, 3.05) is 19.6 Å². The van der Waals surface area contributed by atoms with Gasteiger partial charge in [0.2, 0.25) is 0 Å². The number of hydrogen-bond acceptors (Lipinski definition) is 2. The molecule has 1 heterocycles. The molecule has 0 saturated carbocycles. The van der Waals surface area contributed by atoms with E-state index in [1.807, 2.05) is 0 Å². The van der Waals surface area contributed by atoms with Gasteiger partial charge in [0.15, 0.2) is 0 Å². The molecule has 1 aliphatic rings. The molecule has 0 radical (unpaired) electrons. The van der Waals surface area contributed by atoms with Crippen LogP contribution in [0.2, 0.25) is 0 Å². The fraction of sp³-hybridized carbons (Fsp3) is 1.00. The van der Waals surface area contributed by atoms with E-state index in [0.717, 1.165) is 25.6 Å². The Morgan fingerprint density at radius 2 is 2.60 bits per heavy atom. The summed E-state index contributed by atoms with van der Waals surface area (Å²) >= 11 is 4.79. The Labute approximate surface area is 68.6 Å². The summed E-state index contributed by atoms with van der Waals surface area (Å²) in [5, 5.41) is 8.67. The molecule has 2 atom stereocenters. The predicted molar refractivity (Wildman–Crippen MR) is 47.9 cm³/mol. The Morgan fingerprint density at radius 1 is 1.80 bits per heavy atom. The first-order valence-electron chi connectivity index (χ1n) is 3.39. The van der Waals surface area contributed by atoms with Gasteiger partial charge >= 0.3 is 0 Å². The van der Waals surface area contributed by atoms with Gasteiger partial charge in [0.1, 0.15) is 0 Å². The van der Waals surface area contributed by atoms with Crippen LogP contribution in [0.5, 0.6) is 0 Å². The Hall–Kier alpha value is 0.450. The van der Waals surface area contributed by atoms with Gasteiger partial charge in [0, 0.05) is 16.4 Å². The fourth-order valence-corrected chi connectivity index (χ4v) is 1.69. The highest BCUT2D eigenvalue weighted by molar-refractivity contribution is 8.26. The molecule has 1 saturated heterocycles. The molecule has 5 heteroatoms. The van der Waals surface area contributed by atoms with Crippen molar-refractivity contribution in [3.8, 4) is 0 Å². The highest BCUT2D eigenvalue weighted by Gasteiger charge is 2.13. The predicted octanol–water partition coefficient (Wildman–Crippen LogP) is -0.946. The summed E-state index contributed by atoms with van der Waals surface area (Å²) in [7, 11) is -0.506. The highest BCUT2D eigenvalue weighted by Crippen LogP contribution is 2.04. The molecule has 0 aromatic rings. The van der Waals surface area contributed by atoms with E-state index in [0.29, 0.717) is 0 Å². The molecule has 0 bridgehead atoms. The van der Waals surface area contributed by atoms with Crippen LogP contribution in [-0.2, 0) is 21.0 Å². The molecule has 4 N–H and O–H groups in total. The molecule has 1 rings (SSSR count). The lowest BCUT2D eigenvalue weighted by molar-refractivity contribution is 0.577. The SMILES string of the molecule is NS(=S)NCC1CCNC1. The standard InChI is InChI=1S/C5H13N3S2/c6-10(9)8-4-5-1-2-7-3-5/h5,7-8H,1-4,6H2. The number of nitrogens with one attached hydrogen (secondary N) is 2. The zero-order chi connectivity index (χ0) is 7.40. The van der Waals surface area contributed by atoms with Gasteiger partial charge in [-0.15, -0.1) is 0 Å². The van der Waals surface area contributed by atoms with E-state index in [2.05, 4.69) is 10.0 Å². The first-order chi connectivity index (χ1) is 4.79. The van der Waals surface area contributed by atoms with E-state index in [-0.39, 0.29) is 0 Å². The molecule has 0 aliphatic carbocycles. The molecular weight excluding hydrogens is 166 g/mol. The number of nitrogens with two attached hydrogens (primary N) is 1. The third kappa shape index (κ3) is 3.03. The van der Waals surface area contributed by atoms with Gasteiger partial charge in [0.25, 0.3) is 0 Å². The van der Waals surface area contributed by atoms with Crippen LogP contribution in [0.1, 0.15) is 6.42 Å². The maximum Gasteiger partial charge on any atom is 0.0134 e. The van der Waals surface area contributed by atoms with Gasteiger partial charge < -0.3 is 5.32 Å². The van der Waals surface area contributed by atoms with E-state index >= 15 is 0 Å². The molecule has 1 fully saturated rings. The van der Waals surface area contributed by atoms with Crippen molar-refractivity contribution in [1.82, 2.24) is 10.0 Å². The second-order valence-corrected chi connectivity index (χ2v) is 4.47. The summed E-state index contributed by atoms with van der Waals surface area (Å²) in [6.07, 6.45) is 1.25. The molecule has 0 aromatic carbocycles. The normalized spacial score (nSPS) is 28.7. The van der Waals surface area contributed by atoms with Crippen LogP contribution in [0.4, 0.5) is 0 Å². The van der Waals surface area contributed by atoms with Crippen molar-refractivity contribution < 1.29 is 0 Å². The smallest absolute Gasteiger partial charge is 0.0134 e. The average molecular weight is 179 g/mol. The maximum absolute atomic E-state index is 5.38. The van der Waals surface area contributed by atoms with Gasteiger partial charge in [-0.3, -0.25) is 5.14 Å². The van der Waals surface area contributed by atoms with Crippen molar-refractivity contribution in [2.24, 2.45) is 11.1 Å². The van der Waals surface area contributed by atoms with Crippen molar-refractivity contribution in [2.45, 2.75) is 6.42 Å². The summed E-state index contributed by atoms with van der Waals surface area (Å²) in [6.45, 7) is 3.22. The van der Waals surface area contributed by atoms with Gasteiger partial charge in [-0.2, -0.15) is 0 Å². The maximum atomic E-state index is 5.38. The fourth-order valence-electron chi connectivity index (χ4n) is 1.09. The minimum atomic E-state index is -0.506. The summed E-state index contributed by atoms with van der Waals surface area (Å²) < 4.78 is 3.07. The van der Waals surface area contributed by atoms with Crippen molar-refractivity contribution >= 4 is 21.0 Å². The van der Waals surface area contributed by atoms with Crippen LogP contribution in [0.15, 0.2) is 0 Å². The molecule has 10 heavy (non-hydrogen) atoms. The van der Waals surface area contributed by atoms with Crippen molar-refractivity contribution in [1.29, 1.82) is 0 Å². The van der Waals surface area contributed by atoms with Gasteiger partial charge in [-0.1, -0.05) is 0 Å². The molecule has 3 nitrogen and oxygen atoms in total. The topological polar surface area (TPSA) is 50.1 Å². The molecular formula is C5H13N3S2. The average Bonchev–Trinajstić information content (AvgIpc) is 2.34. The Morgan fingerprint density at radius 3 is 3.10 bits per heavy atom. The van der Waals surface area contributed by atoms with E-state index < -0.39 is 9.83 Å². The lowest BCUT2D eigenvalue weighted by Crippen LogP contribution is -2.29. The van der Waals surface area contributed by atoms with Crippen molar-refractivity contribution in [3.63, 3.8) is 0 Å². The Bertz CT molecular complexity index is 122. The number of hydrogen-bond donors (Lipinski definition) is 3. The zero-order valence-electron chi connectivity index (χ0n) is 5.80. The minimum absolute atomic E-state index is 0.506. The van der Waals surface area contributed by atoms with Crippen molar-refractivity contribution in [3.05, 3.63) is 0 Å². The molecule has 60 valence electrons. The molecule has 1 aliphatic heterocycles. The van der Waals surface area contributed by atoms with Crippen LogP contribution in [0.3, 0.4) is 0 Å². The zero-order valence-corrected chi connectivity index (χ0v) is 7.43. The Kier molecular flexibility index (Phi) is 3.72. The van der Waals surface area contributed by atoms with E-state index in [1.165, 1.54) is 6.42 Å². The monoisotopic (exact) mass is 179 g/mol. The summed E-state index contributed by atoms with van der Waals surface area (Å²) in [5.74, 6) is 0.737. The third-order valence-corrected chi connectivity index (χ3v) is 2.48. The van der Waals surface area contributed by atoms with Gasteiger partial charge in [-0.05, 0) is 36.6 Å².